The molecule has 3 rings (SSSR count). The molecule has 0 saturated carbocycles. The Bertz CT molecular complexity index is 944. The maximum Gasteiger partial charge on any atom is 0.345 e. The van der Waals surface area contributed by atoms with Crippen molar-refractivity contribution >= 4 is 11.7 Å². The summed E-state index contributed by atoms with van der Waals surface area (Å²) >= 11 is 0. The van der Waals surface area contributed by atoms with Gasteiger partial charge in [-0.3, -0.25) is 9.55 Å². The second kappa shape index (κ2) is 7.64. The van der Waals surface area contributed by atoms with E-state index in [0.29, 0.717) is 11.5 Å². The number of amides is 2. The van der Waals surface area contributed by atoms with Crippen LogP contribution in [0.3, 0.4) is 0 Å². The number of hydrogen-bond acceptors (Lipinski definition) is 4. The van der Waals surface area contributed by atoms with Gasteiger partial charge in [0.2, 0.25) is 0 Å². The summed E-state index contributed by atoms with van der Waals surface area (Å²) in [5, 5.41) is 9.79. The van der Waals surface area contributed by atoms with Crippen LogP contribution in [0, 0.1) is 6.92 Å². The van der Waals surface area contributed by atoms with Crippen molar-refractivity contribution in [2.24, 2.45) is 7.05 Å². The zero-order valence-electron chi connectivity index (χ0n) is 14.6. The van der Waals surface area contributed by atoms with Crippen molar-refractivity contribution in [2.45, 2.75) is 13.5 Å². The minimum absolute atomic E-state index is 0.246. The zero-order chi connectivity index (χ0) is 18.5. The first-order valence-electron chi connectivity index (χ1n) is 8.20. The third-order valence-corrected chi connectivity index (χ3v) is 3.88. The highest BCUT2D eigenvalue weighted by atomic mass is 16.2. The molecule has 2 heterocycles. The van der Waals surface area contributed by atoms with E-state index < -0.39 is 0 Å². The summed E-state index contributed by atoms with van der Waals surface area (Å²) in [5.41, 5.74) is 2.34. The van der Waals surface area contributed by atoms with Crippen molar-refractivity contribution in [3.63, 3.8) is 0 Å². The fourth-order valence-electron chi connectivity index (χ4n) is 2.47. The molecule has 0 aliphatic carbocycles. The van der Waals surface area contributed by atoms with Crippen molar-refractivity contribution in [3.8, 4) is 11.4 Å². The van der Waals surface area contributed by atoms with Crippen molar-refractivity contribution in [1.29, 1.82) is 0 Å². The van der Waals surface area contributed by atoms with Crippen LogP contribution in [0.4, 0.5) is 10.5 Å². The van der Waals surface area contributed by atoms with Crippen molar-refractivity contribution in [3.05, 3.63) is 64.8 Å². The van der Waals surface area contributed by atoms with Gasteiger partial charge in [0.25, 0.3) is 0 Å². The number of rotatable bonds is 5. The first-order chi connectivity index (χ1) is 12.5. The number of aryl methyl sites for hydroxylation is 1. The molecule has 3 aromatic rings. The van der Waals surface area contributed by atoms with E-state index >= 15 is 0 Å². The fraction of sp³-hybridized carbons (Fsp3) is 0.222. The molecule has 0 unspecified atom stereocenters. The fourth-order valence-corrected chi connectivity index (χ4v) is 2.47. The number of anilines is 1. The van der Waals surface area contributed by atoms with Gasteiger partial charge in [0.1, 0.15) is 0 Å². The smallest absolute Gasteiger partial charge is 0.336 e. The van der Waals surface area contributed by atoms with Gasteiger partial charge in [0.05, 0.1) is 6.54 Å². The molecular formula is C18H20N6O2. The third-order valence-electron chi connectivity index (χ3n) is 3.88. The predicted molar refractivity (Wildman–Crippen MR) is 98.9 cm³/mol. The number of pyridine rings is 1. The Balaban J connectivity index is 1.59. The lowest BCUT2D eigenvalue weighted by Crippen LogP contribution is -2.34. The van der Waals surface area contributed by atoms with Crippen LogP contribution in [-0.2, 0) is 13.6 Å². The molecule has 0 bridgehead atoms. The number of aromatic nitrogens is 4. The number of carbonyl (C=O) groups is 1. The number of nitrogens with zero attached hydrogens (tertiary/aromatic N) is 4. The number of hydrogen-bond donors (Lipinski definition) is 2. The quantitative estimate of drug-likeness (QED) is 0.732. The maximum atomic E-state index is 12.3. The Morgan fingerprint density at radius 2 is 1.96 bits per heavy atom. The highest BCUT2D eigenvalue weighted by Gasteiger charge is 2.12. The molecule has 0 spiro atoms. The van der Waals surface area contributed by atoms with Gasteiger partial charge >= 0.3 is 11.7 Å². The predicted octanol–water partition coefficient (Wildman–Crippen LogP) is 1.77. The van der Waals surface area contributed by atoms with Crippen LogP contribution < -0.4 is 16.3 Å². The van der Waals surface area contributed by atoms with Crippen molar-refractivity contribution in [2.75, 3.05) is 11.9 Å². The van der Waals surface area contributed by atoms with Crippen LogP contribution in [0.5, 0.6) is 0 Å². The molecule has 26 heavy (non-hydrogen) atoms. The molecule has 1 aromatic carbocycles. The van der Waals surface area contributed by atoms with Crippen LogP contribution in [0.1, 0.15) is 5.56 Å². The molecule has 0 saturated heterocycles. The molecule has 8 heteroatoms. The molecule has 2 aromatic heterocycles. The summed E-state index contributed by atoms with van der Waals surface area (Å²) in [6.45, 7) is 2.53. The number of nitrogens with one attached hydrogen (secondary N) is 2. The average Bonchev–Trinajstić information content (AvgIpc) is 2.93. The Hall–Kier alpha value is -3.42. The van der Waals surface area contributed by atoms with E-state index in [4.69, 9.17) is 0 Å². The van der Waals surface area contributed by atoms with Crippen molar-refractivity contribution < 1.29 is 4.79 Å². The van der Waals surface area contributed by atoms with Gasteiger partial charge in [-0.2, -0.15) is 0 Å². The molecule has 2 amide bonds. The lowest BCUT2D eigenvalue weighted by atomic mass is 10.2. The summed E-state index contributed by atoms with van der Waals surface area (Å²) in [5.74, 6) is 0.534. The van der Waals surface area contributed by atoms with Crippen LogP contribution in [0.15, 0.2) is 53.6 Å². The average molecular weight is 352 g/mol. The minimum Gasteiger partial charge on any atom is -0.336 e. The topological polar surface area (TPSA) is 93.8 Å². The second-order valence-corrected chi connectivity index (χ2v) is 5.88. The van der Waals surface area contributed by atoms with Crippen LogP contribution in [-0.4, -0.2) is 31.9 Å². The second-order valence-electron chi connectivity index (χ2n) is 5.88. The summed E-state index contributed by atoms with van der Waals surface area (Å²) in [4.78, 5) is 28.2. The lowest BCUT2D eigenvalue weighted by Gasteiger charge is -2.07. The van der Waals surface area contributed by atoms with Crippen LogP contribution in [0.25, 0.3) is 11.4 Å². The molecule has 0 fully saturated rings. The standard InChI is InChI=1S/C18H20N6O2/c1-13-5-7-15(8-6-13)21-17(25)20-10-11-24-18(26)23(2)16(22-24)14-4-3-9-19-12-14/h3-9,12H,10-11H2,1-2H3,(H2,20,21,25). The number of urea groups is 1. The van der Waals surface area contributed by atoms with Gasteiger partial charge in [0.15, 0.2) is 5.82 Å². The van der Waals surface area contributed by atoms with E-state index in [1.807, 2.05) is 37.3 Å². The van der Waals surface area contributed by atoms with Crippen molar-refractivity contribution in [1.82, 2.24) is 24.6 Å². The van der Waals surface area contributed by atoms with Gasteiger partial charge in [-0.25, -0.2) is 14.3 Å². The molecule has 0 radical (unpaired) electrons. The van der Waals surface area contributed by atoms with Gasteiger partial charge in [-0.1, -0.05) is 17.7 Å². The maximum absolute atomic E-state index is 12.3. The summed E-state index contributed by atoms with van der Waals surface area (Å²) in [6, 6.07) is 10.8. The summed E-state index contributed by atoms with van der Waals surface area (Å²) in [7, 11) is 1.66. The zero-order valence-corrected chi connectivity index (χ0v) is 14.6. The monoisotopic (exact) mass is 352 g/mol. The molecular weight excluding hydrogens is 332 g/mol. The Labute approximate surface area is 150 Å². The van der Waals surface area contributed by atoms with Gasteiger partial charge in [0, 0.05) is 37.2 Å². The SMILES string of the molecule is Cc1ccc(NC(=O)NCCn2nc(-c3cccnc3)n(C)c2=O)cc1. The molecule has 2 N–H and O–H groups in total. The molecule has 134 valence electrons. The van der Waals surface area contributed by atoms with Gasteiger partial charge in [-0.15, -0.1) is 5.10 Å². The number of benzene rings is 1. The lowest BCUT2D eigenvalue weighted by molar-refractivity contribution is 0.251. The Morgan fingerprint density at radius 3 is 2.65 bits per heavy atom. The molecule has 0 atom stereocenters. The van der Waals surface area contributed by atoms with E-state index in [-0.39, 0.29) is 24.8 Å². The first kappa shape index (κ1) is 17.4. The van der Waals surface area contributed by atoms with Gasteiger partial charge in [-0.05, 0) is 31.2 Å². The highest BCUT2D eigenvalue weighted by molar-refractivity contribution is 5.89. The Morgan fingerprint density at radius 1 is 1.19 bits per heavy atom. The van der Waals surface area contributed by atoms with Gasteiger partial charge < -0.3 is 10.6 Å². The molecule has 0 aliphatic rings. The third kappa shape index (κ3) is 3.97. The number of carbonyl (C=O) groups excluding carboxylic acids is 1. The molecule has 8 nitrogen and oxygen atoms in total. The van der Waals surface area contributed by atoms with E-state index in [2.05, 4.69) is 20.7 Å². The largest absolute Gasteiger partial charge is 0.345 e. The summed E-state index contributed by atoms with van der Waals surface area (Å²) < 4.78 is 2.79. The highest BCUT2D eigenvalue weighted by Crippen LogP contribution is 2.12. The van der Waals surface area contributed by atoms with E-state index in [0.717, 1.165) is 11.1 Å². The molecule has 0 aliphatic heterocycles. The van der Waals surface area contributed by atoms with Crippen LogP contribution >= 0.6 is 0 Å². The normalized spacial score (nSPS) is 10.5. The Kier molecular flexibility index (Phi) is 5.12. The minimum atomic E-state index is -0.328. The first-order valence-corrected chi connectivity index (χ1v) is 8.20. The van der Waals surface area contributed by atoms with E-state index in [9.17, 15) is 9.59 Å². The van der Waals surface area contributed by atoms with E-state index in [1.54, 1.807) is 25.5 Å². The van der Waals surface area contributed by atoms with Crippen LogP contribution in [0.2, 0.25) is 0 Å². The summed E-state index contributed by atoms with van der Waals surface area (Å²) in [6.07, 6.45) is 3.31. The van der Waals surface area contributed by atoms with E-state index in [1.165, 1.54) is 9.25 Å².